The maximum Gasteiger partial charge on any atom is 0.245 e. The largest absolute Gasteiger partial charge is 0.492 e. The van der Waals surface area contributed by atoms with E-state index in [0.717, 1.165) is 72.8 Å². The smallest absolute Gasteiger partial charge is 0.245 e. The second-order valence-electron chi connectivity index (χ2n) is 10.4. The SMILES string of the molecule is CCOc1cc(N2CCC(NCCCO)CC2)ccc1Nc1ncc2ccc(-c3ccccc3N(C)S(C)(=O)=O)n2n1. The standard InChI is InChI=1S/C30H39N7O4S/c1-4-41-29-20-23(36-17-14-22(15-18-36)31-16-7-19-38)10-12-26(29)33-30-32-21-24-11-13-28(37(24)34-30)25-8-5-6-9-27(25)35(2)42(3,39)40/h5-6,8-13,20-22,31,38H,4,7,14-19H2,1-3H3,(H,33,34). The third kappa shape index (κ3) is 6.61. The van der Waals surface area contributed by atoms with Gasteiger partial charge in [0.05, 0.1) is 41.6 Å². The molecule has 1 aliphatic rings. The van der Waals surface area contributed by atoms with Gasteiger partial charge >= 0.3 is 0 Å². The highest BCUT2D eigenvalue weighted by atomic mass is 32.2. The Bertz CT molecular complexity index is 1620. The molecule has 1 fully saturated rings. The number of aliphatic hydroxyl groups is 1. The average molecular weight is 594 g/mol. The summed E-state index contributed by atoms with van der Waals surface area (Å²) in [6.07, 6.45) is 5.79. The molecule has 42 heavy (non-hydrogen) atoms. The molecule has 5 rings (SSSR count). The number of para-hydroxylation sites is 1. The lowest BCUT2D eigenvalue weighted by Crippen LogP contribution is -2.43. The van der Waals surface area contributed by atoms with Crippen LogP contribution in [0.1, 0.15) is 26.2 Å². The first-order valence-electron chi connectivity index (χ1n) is 14.3. The Kier molecular flexibility index (Phi) is 9.15. The van der Waals surface area contributed by atoms with E-state index in [1.807, 2.05) is 43.3 Å². The molecule has 11 nitrogen and oxygen atoms in total. The van der Waals surface area contributed by atoms with Crippen LogP contribution in [0, 0.1) is 0 Å². The third-order valence-electron chi connectivity index (χ3n) is 7.55. The minimum atomic E-state index is -3.45. The molecule has 2 aromatic carbocycles. The summed E-state index contributed by atoms with van der Waals surface area (Å²) in [6, 6.07) is 17.8. The lowest BCUT2D eigenvalue weighted by Gasteiger charge is -2.34. The monoisotopic (exact) mass is 593 g/mol. The van der Waals surface area contributed by atoms with Crippen LogP contribution in [0.25, 0.3) is 16.8 Å². The van der Waals surface area contributed by atoms with Crippen LogP contribution >= 0.6 is 0 Å². The van der Waals surface area contributed by atoms with Crippen molar-refractivity contribution in [2.75, 3.05) is 60.7 Å². The van der Waals surface area contributed by atoms with Crippen LogP contribution in [0.2, 0.25) is 0 Å². The van der Waals surface area contributed by atoms with E-state index in [-0.39, 0.29) is 6.61 Å². The number of hydrogen-bond donors (Lipinski definition) is 3. The molecule has 0 bridgehead atoms. The van der Waals surface area contributed by atoms with E-state index in [4.69, 9.17) is 14.9 Å². The number of rotatable bonds is 12. The molecule has 0 amide bonds. The minimum absolute atomic E-state index is 0.217. The molecule has 224 valence electrons. The molecule has 1 saturated heterocycles. The van der Waals surface area contributed by atoms with E-state index >= 15 is 0 Å². The number of sulfonamides is 1. The zero-order chi connectivity index (χ0) is 29.7. The summed E-state index contributed by atoms with van der Waals surface area (Å²) in [6.45, 7) is 5.43. The van der Waals surface area contributed by atoms with Gasteiger partial charge in [0, 0.05) is 50.1 Å². The molecular formula is C30H39N7O4S. The molecule has 3 heterocycles. The first-order valence-corrected chi connectivity index (χ1v) is 16.1. The van der Waals surface area contributed by atoms with Crippen molar-refractivity contribution in [2.45, 2.75) is 32.2 Å². The molecule has 0 saturated carbocycles. The van der Waals surface area contributed by atoms with E-state index < -0.39 is 10.0 Å². The number of nitrogens with zero attached hydrogens (tertiary/aromatic N) is 5. The van der Waals surface area contributed by atoms with Crippen molar-refractivity contribution >= 4 is 38.6 Å². The molecule has 1 aliphatic heterocycles. The van der Waals surface area contributed by atoms with Crippen LogP contribution in [0.15, 0.2) is 60.8 Å². The first kappa shape index (κ1) is 29.6. The molecule has 3 N–H and O–H groups in total. The summed E-state index contributed by atoms with van der Waals surface area (Å²) in [5.74, 6) is 1.10. The molecule has 12 heteroatoms. The second-order valence-corrected chi connectivity index (χ2v) is 12.4. The Morgan fingerprint density at radius 3 is 2.64 bits per heavy atom. The summed E-state index contributed by atoms with van der Waals surface area (Å²) in [7, 11) is -1.91. The van der Waals surface area contributed by atoms with Crippen LogP contribution < -0.4 is 24.6 Å². The van der Waals surface area contributed by atoms with Crippen LogP contribution in [0.5, 0.6) is 5.75 Å². The minimum Gasteiger partial charge on any atom is -0.492 e. The van der Waals surface area contributed by atoms with Crippen LogP contribution in [0.3, 0.4) is 0 Å². The fourth-order valence-electron chi connectivity index (χ4n) is 5.24. The fourth-order valence-corrected chi connectivity index (χ4v) is 5.76. The van der Waals surface area contributed by atoms with E-state index in [1.54, 1.807) is 23.8 Å². The highest BCUT2D eigenvalue weighted by molar-refractivity contribution is 7.92. The van der Waals surface area contributed by atoms with Gasteiger partial charge in [0.25, 0.3) is 0 Å². The summed E-state index contributed by atoms with van der Waals surface area (Å²) in [4.78, 5) is 6.89. The highest BCUT2D eigenvalue weighted by Crippen LogP contribution is 2.34. The van der Waals surface area contributed by atoms with E-state index in [1.165, 1.54) is 10.6 Å². The molecule has 0 spiro atoms. The number of piperidine rings is 1. The van der Waals surface area contributed by atoms with Gasteiger partial charge in [-0.15, -0.1) is 5.10 Å². The molecule has 4 aromatic rings. The molecule has 0 atom stereocenters. The van der Waals surface area contributed by atoms with E-state index in [0.29, 0.717) is 24.3 Å². The van der Waals surface area contributed by atoms with Crippen molar-refractivity contribution in [3.8, 4) is 17.0 Å². The van der Waals surface area contributed by atoms with Crippen LogP contribution in [-0.2, 0) is 10.0 Å². The van der Waals surface area contributed by atoms with Crippen LogP contribution in [-0.4, -0.2) is 80.3 Å². The van der Waals surface area contributed by atoms with Gasteiger partial charge in [-0.2, -0.15) is 0 Å². The number of benzene rings is 2. The Labute approximate surface area is 247 Å². The maximum atomic E-state index is 12.3. The second kappa shape index (κ2) is 13.0. The van der Waals surface area contributed by atoms with Crippen molar-refractivity contribution in [2.24, 2.45) is 0 Å². The van der Waals surface area contributed by atoms with Gasteiger partial charge in [0.15, 0.2) is 0 Å². The number of anilines is 4. The normalized spacial score (nSPS) is 14.3. The molecule has 2 aromatic heterocycles. The molecule has 0 radical (unpaired) electrons. The van der Waals surface area contributed by atoms with Gasteiger partial charge in [-0.1, -0.05) is 18.2 Å². The number of nitrogens with one attached hydrogen (secondary N) is 2. The summed E-state index contributed by atoms with van der Waals surface area (Å²) < 4.78 is 33.7. The number of aromatic nitrogens is 3. The Hall–Kier alpha value is -3.87. The van der Waals surface area contributed by atoms with Gasteiger partial charge in [-0.05, 0) is 63.1 Å². The predicted molar refractivity (Wildman–Crippen MR) is 168 cm³/mol. The van der Waals surface area contributed by atoms with Crippen molar-refractivity contribution in [3.05, 3.63) is 60.8 Å². The van der Waals surface area contributed by atoms with Gasteiger partial charge < -0.3 is 25.4 Å². The fraction of sp³-hybridized carbons (Fsp3) is 0.400. The van der Waals surface area contributed by atoms with E-state index in [9.17, 15) is 8.42 Å². The number of ether oxygens (including phenoxy) is 1. The summed E-state index contributed by atoms with van der Waals surface area (Å²) >= 11 is 0. The number of fused-ring (bicyclic) bond motifs is 1. The van der Waals surface area contributed by atoms with Crippen molar-refractivity contribution in [1.82, 2.24) is 19.9 Å². The summed E-state index contributed by atoms with van der Waals surface area (Å²) in [5, 5.41) is 20.6. The topological polar surface area (TPSA) is 124 Å². The molecule has 0 unspecified atom stereocenters. The molecule has 0 aliphatic carbocycles. The average Bonchev–Trinajstić information content (AvgIpc) is 3.41. The Morgan fingerprint density at radius 2 is 1.90 bits per heavy atom. The van der Waals surface area contributed by atoms with Gasteiger partial charge in [-0.25, -0.2) is 17.9 Å². The van der Waals surface area contributed by atoms with Crippen molar-refractivity contribution < 1.29 is 18.3 Å². The third-order valence-corrected chi connectivity index (χ3v) is 8.75. The van der Waals surface area contributed by atoms with Gasteiger partial charge in [0.2, 0.25) is 16.0 Å². The van der Waals surface area contributed by atoms with Crippen molar-refractivity contribution in [1.29, 1.82) is 0 Å². The first-order chi connectivity index (χ1) is 20.3. The summed E-state index contributed by atoms with van der Waals surface area (Å²) in [5.41, 5.74) is 4.69. The Balaban J connectivity index is 1.38. The van der Waals surface area contributed by atoms with Crippen LogP contribution in [0.4, 0.5) is 23.0 Å². The van der Waals surface area contributed by atoms with Gasteiger partial charge in [-0.3, -0.25) is 4.31 Å². The quantitative estimate of drug-likeness (QED) is 0.210. The number of aliphatic hydroxyl groups excluding tert-OH is 1. The lowest BCUT2D eigenvalue weighted by atomic mass is 10.0. The zero-order valence-electron chi connectivity index (χ0n) is 24.3. The number of hydrogen-bond acceptors (Lipinski definition) is 9. The Morgan fingerprint density at radius 1 is 1.12 bits per heavy atom. The maximum absolute atomic E-state index is 12.3. The van der Waals surface area contributed by atoms with Gasteiger partial charge in [0.1, 0.15) is 5.75 Å². The lowest BCUT2D eigenvalue weighted by molar-refractivity contribution is 0.280. The predicted octanol–water partition coefficient (Wildman–Crippen LogP) is 3.88. The molecular weight excluding hydrogens is 554 g/mol. The highest BCUT2D eigenvalue weighted by Gasteiger charge is 2.21. The van der Waals surface area contributed by atoms with Crippen molar-refractivity contribution in [3.63, 3.8) is 0 Å². The zero-order valence-corrected chi connectivity index (χ0v) is 25.1. The van der Waals surface area contributed by atoms with E-state index in [2.05, 4.69) is 32.7 Å².